The van der Waals surface area contributed by atoms with Crippen LogP contribution in [0.15, 0.2) is 0 Å². The van der Waals surface area contributed by atoms with Gasteiger partial charge in [0.1, 0.15) is 0 Å². The van der Waals surface area contributed by atoms with Gasteiger partial charge in [0, 0.05) is 44.8 Å². The van der Waals surface area contributed by atoms with Crippen molar-refractivity contribution in [1.29, 1.82) is 0 Å². The topological polar surface area (TPSA) is 61.9 Å². The first-order valence-corrected chi connectivity index (χ1v) is 9.62. The first-order chi connectivity index (χ1) is 10.1. The van der Waals surface area contributed by atoms with E-state index in [-0.39, 0.29) is 5.25 Å². The maximum atomic E-state index is 12.6. The molecule has 1 aliphatic carbocycles. The molecule has 2 atom stereocenters. The minimum Gasteiger partial charge on any atom is -0.379 e. The van der Waals surface area contributed by atoms with Crippen LogP contribution in [0.3, 0.4) is 0 Å². The van der Waals surface area contributed by atoms with E-state index in [4.69, 9.17) is 4.74 Å². The second-order valence-electron chi connectivity index (χ2n) is 6.49. The number of rotatable bonds is 6. The molecular formula is C14H27N3O3S. The molecule has 0 aromatic carbocycles. The third kappa shape index (κ3) is 3.76. The van der Waals surface area contributed by atoms with Crippen molar-refractivity contribution in [2.45, 2.75) is 43.5 Å². The number of nitrogens with zero attached hydrogens (tertiary/aromatic N) is 2. The van der Waals surface area contributed by atoms with Crippen LogP contribution in [0.5, 0.6) is 0 Å². The fourth-order valence-corrected chi connectivity index (χ4v) is 4.72. The third-order valence-electron chi connectivity index (χ3n) is 4.83. The monoisotopic (exact) mass is 317 g/mol. The lowest BCUT2D eigenvalue weighted by molar-refractivity contribution is 0.0196. The highest BCUT2D eigenvalue weighted by atomic mass is 32.2. The Morgan fingerprint density at radius 3 is 2.57 bits per heavy atom. The Bertz CT molecular complexity index is 446. The van der Waals surface area contributed by atoms with E-state index in [1.54, 1.807) is 4.31 Å². The SMILES string of the molecule is CC(CNC1CC1)S(=O)(=O)N1CCC(N2CCOCC2)C1. The predicted octanol–water partition coefficient (Wildman–Crippen LogP) is -0.137. The van der Waals surface area contributed by atoms with E-state index in [9.17, 15) is 8.42 Å². The molecule has 0 amide bonds. The molecule has 2 aliphatic heterocycles. The van der Waals surface area contributed by atoms with Crippen molar-refractivity contribution in [2.24, 2.45) is 0 Å². The summed E-state index contributed by atoms with van der Waals surface area (Å²) >= 11 is 0. The van der Waals surface area contributed by atoms with Crippen LogP contribution in [0.2, 0.25) is 0 Å². The summed E-state index contributed by atoms with van der Waals surface area (Å²) in [5.74, 6) is 0. The molecule has 2 heterocycles. The van der Waals surface area contributed by atoms with Gasteiger partial charge >= 0.3 is 0 Å². The largest absolute Gasteiger partial charge is 0.379 e. The zero-order valence-corrected chi connectivity index (χ0v) is 13.6. The number of morpholine rings is 1. The van der Waals surface area contributed by atoms with Crippen LogP contribution >= 0.6 is 0 Å². The van der Waals surface area contributed by atoms with Gasteiger partial charge in [-0.2, -0.15) is 0 Å². The van der Waals surface area contributed by atoms with E-state index < -0.39 is 10.0 Å². The molecule has 0 spiro atoms. The van der Waals surface area contributed by atoms with Crippen LogP contribution in [0, 0.1) is 0 Å². The summed E-state index contributed by atoms with van der Waals surface area (Å²) in [4.78, 5) is 2.38. The number of nitrogens with one attached hydrogen (secondary N) is 1. The van der Waals surface area contributed by atoms with Gasteiger partial charge in [-0.25, -0.2) is 12.7 Å². The van der Waals surface area contributed by atoms with Gasteiger partial charge in [0.15, 0.2) is 0 Å². The molecule has 3 rings (SSSR count). The number of ether oxygens (including phenoxy) is 1. The molecule has 1 N–H and O–H groups in total. The normalized spacial score (nSPS) is 30.6. The van der Waals surface area contributed by atoms with Crippen LogP contribution < -0.4 is 5.32 Å². The van der Waals surface area contributed by atoms with Crippen molar-refractivity contribution in [3.8, 4) is 0 Å². The molecule has 3 fully saturated rings. The van der Waals surface area contributed by atoms with E-state index in [2.05, 4.69) is 10.2 Å². The lowest BCUT2D eigenvalue weighted by atomic mass is 10.2. The second-order valence-corrected chi connectivity index (χ2v) is 8.84. The van der Waals surface area contributed by atoms with Crippen molar-refractivity contribution in [3.05, 3.63) is 0 Å². The van der Waals surface area contributed by atoms with Gasteiger partial charge in [0.25, 0.3) is 0 Å². The lowest BCUT2D eigenvalue weighted by Crippen LogP contribution is -2.46. The Morgan fingerprint density at radius 2 is 1.90 bits per heavy atom. The summed E-state index contributed by atoms with van der Waals surface area (Å²) in [7, 11) is -3.17. The van der Waals surface area contributed by atoms with Crippen LogP contribution in [0.25, 0.3) is 0 Å². The van der Waals surface area contributed by atoms with E-state index in [1.807, 2.05) is 6.92 Å². The molecule has 2 unspecified atom stereocenters. The molecule has 0 aromatic rings. The van der Waals surface area contributed by atoms with Crippen molar-refractivity contribution >= 4 is 10.0 Å². The van der Waals surface area contributed by atoms with E-state index in [1.165, 1.54) is 12.8 Å². The molecule has 0 bridgehead atoms. The molecule has 0 aromatic heterocycles. The molecule has 7 heteroatoms. The van der Waals surface area contributed by atoms with Gasteiger partial charge in [0.05, 0.1) is 18.5 Å². The summed E-state index contributed by atoms with van der Waals surface area (Å²) < 4.78 is 32.3. The first-order valence-electron chi connectivity index (χ1n) is 8.11. The number of hydrogen-bond acceptors (Lipinski definition) is 5. The van der Waals surface area contributed by atoms with Crippen LogP contribution in [0.1, 0.15) is 26.2 Å². The average Bonchev–Trinajstić information content (AvgIpc) is 3.18. The van der Waals surface area contributed by atoms with E-state index >= 15 is 0 Å². The van der Waals surface area contributed by atoms with Gasteiger partial charge in [-0.1, -0.05) is 0 Å². The summed E-state index contributed by atoms with van der Waals surface area (Å²) in [5.41, 5.74) is 0. The Kier molecular flexibility index (Phi) is 4.85. The maximum Gasteiger partial charge on any atom is 0.218 e. The number of sulfonamides is 1. The van der Waals surface area contributed by atoms with Crippen molar-refractivity contribution in [2.75, 3.05) is 45.9 Å². The highest BCUT2D eigenvalue weighted by molar-refractivity contribution is 7.89. The highest BCUT2D eigenvalue weighted by Gasteiger charge is 2.37. The minimum absolute atomic E-state index is 0.332. The maximum absolute atomic E-state index is 12.6. The zero-order valence-electron chi connectivity index (χ0n) is 12.8. The fourth-order valence-electron chi connectivity index (χ4n) is 3.16. The Hall–Kier alpha value is -0.210. The number of hydrogen-bond donors (Lipinski definition) is 1. The fraction of sp³-hybridized carbons (Fsp3) is 1.00. The van der Waals surface area contributed by atoms with Gasteiger partial charge in [-0.05, 0) is 26.2 Å². The zero-order chi connectivity index (χ0) is 14.9. The lowest BCUT2D eigenvalue weighted by Gasteiger charge is -2.32. The minimum atomic E-state index is -3.17. The van der Waals surface area contributed by atoms with E-state index in [0.29, 0.717) is 31.7 Å². The highest BCUT2D eigenvalue weighted by Crippen LogP contribution is 2.23. The second kappa shape index (κ2) is 6.50. The van der Waals surface area contributed by atoms with Crippen LogP contribution in [0.4, 0.5) is 0 Å². The first kappa shape index (κ1) is 15.7. The van der Waals surface area contributed by atoms with Gasteiger partial charge in [-0.15, -0.1) is 0 Å². The molecule has 1 saturated carbocycles. The third-order valence-corrected chi connectivity index (χ3v) is 7.06. The summed E-state index contributed by atoms with van der Waals surface area (Å²) in [6.07, 6.45) is 3.33. The smallest absolute Gasteiger partial charge is 0.218 e. The molecule has 6 nitrogen and oxygen atoms in total. The Balaban J connectivity index is 1.53. The van der Waals surface area contributed by atoms with Crippen molar-refractivity contribution in [3.63, 3.8) is 0 Å². The molecule has 2 saturated heterocycles. The standard InChI is InChI=1S/C14H27N3O3S/c1-12(10-15-13-2-3-13)21(18,19)17-5-4-14(11-17)16-6-8-20-9-7-16/h12-15H,2-11H2,1H3. The molecule has 3 aliphatic rings. The summed E-state index contributed by atoms with van der Waals surface area (Å²) in [6.45, 7) is 7.11. The summed E-state index contributed by atoms with van der Waals surface area (Å²) in [6, 6.07) is 0.926. The van der Waals surface area contributed by atoms with Gasteiger partial charge in [0.2, 0.25) is 10.0 Å². The summed E-state index contributed by atoms with van der Waals surface area (Å²) in [5, 5.41) is 3.00. The van der Waals surface area contributed by atoms with E-state index in [0.717, 1.165) is 32.7 Å². The average molecular weight is 317 g/mol. The van der Waals surface area contributed by atoms with Crippen molar-refractivity contribution < 1.29 is 13.2 Å². The van der Waals surface area contributed by atoms with Gasteiger partial charge < -0.3 is 10.1 Å². The predicted molar refractivity (Wildman–Crippen MR) is 81.8 cm³/mol. The van der Waals surface area contributed by atoms with Gasteiger partial charge in [-0.3, -0.25) is 4.90 Å². The quantitative estimate of drug-likeness (QED) is 0.739. The van der Waals surface area contributed by atoms with Crippen molar-refractivity contribution in [1.82, 2.24) is 14.5 Å². The molecule has 122 valence electrons. The molecule has 21 heavy (non-hydrogen) atoms. The Labute approximate surface area is 127 Å². The van der Waals surface area contributed by atoms with Crippen LogP contribution in [-0.2, 0) is 14.8 Å². The van der Waals surface area contributed by atoms with Crippen LogP contribution in [-0.4, -0.2) is 80.9 Å². The Morgan fingerprint density at radius 1 is 1.19 bits per heavy atom. The molecular weight excluding hydrogens is 290 g/mol. The molecule has 0 radical (unpaired) electrons.